The number of hydrogen-bond acceptors (Lipinski definition) is 2. The fourth-order valence-corrected chi connectivity index (χ4v) is 4.00. The first kappa shape index (κ1) is 14.1. The smallest absolute Gasteiger partial charge is 0.256 e. The van der Waals surface area contributed by atoms with Crippen LogP contribution in [0.25, 0.3) is 11.6 Å². The summed E-state index contributed by atoms with van der Waals surface area (Å²) in [6.07, 6.45) is 6.22. The molecule has 0 spiro atoms. The summed E-state index contributed by atoms with van der Waals surface area (Å²) in [5.74, 6) is 1.66. The zero-order valence-electron chi connectivity index (χ0n) is 11.7. The molecule has 2 heterocycles. The summed E-state index contributed by atoms with van der Waals surface area (Å²) in [7, 11) is 0. The van der Waals surface area contributed by atoms with Gasteiger partial charge < -0.3 is 9.73 Å². The van der Waals surface area contributed by atoms with E-state index in [4.69, 9.17) is 16.0 Å². The number of carbonyl (C=O) groups excluding carboxylic acids is 1. The third-order valence-corrected chi connectivity index (χ3v) is 4.97. The van der Waals surface area contributed by atoms with Crippen molar-refractivity contribution in [3.63, 3.8) is 0 Å². The number of amides is 1. The van der Waals surface area contributed by atoms with Crippen molar-refractivity contribution in [1.29, 1.82) is 0 Å². The van der Waals surface area contributed by atoms with E-state index < -0.39 is 0 Å². The highest BCUT2D eigenvalue weighted by molar-refractivity contribution is 9.10. The molecule has 5 heteroatoms. The minimum atomic E-state index is -0.132. The van der Waals surface area contributed by atoms with Crippen LogP contribution in [0, 0.1) is 0 Å². The van der Waals surface area contributed by atoms with Crippen molar-refractivity contribution in [3.05, 3.63) is 50.3 Å². The maximum absolute atomic E-state index is 12.3. The maximum Gasteiger partial charge on any atom is 0.256 e. The van der Waals surface area contributed by atoms with E-state index in [0.29, 0.717) is 10.6 Å². The van der Waals surface area contributed by atoms with Crippen molar-refractivity contribution in [1.82, 2.24) is 0 Å². The number of carbonyl (C=O) groups is 1. The first-order valence-electron chi connectivity index (χ1n) is 7.26. The van der Waals surface area contributed by atoms with E-state index in [9.17, 15) is 4.79 Å². The van der Waals surface area contributed by atoms with Gasteiger partial charge in [-0.3, -0.25) is 4.79 Å². The highest BCUT2D eigenvalue weighted by atomic mass is 79.9. The molecule has 1 aliphatic heterocycles. The monoisotopic (exact) mass is 377 g/mol. The summed E-state index contributed by atoms with van der Waals surface area (Å²) in [5, 5.41) is 3.46. The van der Waals surface area contributed by atoms with Crippen molar-refractivity contribution < 1.29 is 9.21 Å². The van der Waals surface area contributed by atoms with Crippen molar-refractivity contribution in [3.8, 4) is 0 Å². The van der Waals surface area contributed by atoms with Crippen LogP contribution in [0.15, 0.2) is 27.1 Å². The van der Waals surface area contributed by atoms with Gasteiger partial charge in [0.25, 0.3) is 5.91 Å². The fourth-order valence-electron chi connectivity index (χ4n) is 3.09. The molecular formula is C17H13BrClNO2. The zero-order chi connectivity index (χ0) is 15.3. The third-order valence-electron chi connectivity index (χ3n) is 4.13. The molecule has 22 heavy (non-hydrogen) atoms. The molecule has 0 fully saturated rings. The second kappa shape index (κ2) is 5.28. The first-order chi connectivity index (χ1) is 10.6. The highest BCUT2D eigenvalue weighted by Crippen LogP contribution is 2.40. The molecule has 0 saturated heterocycles. The molecule has 1 aromatic heterocycles. The quantitative estimate of drug-likeness (QED) is 0.704. The summed E-state index contributed by atoms with van der Waals surface area (Å²) in [5.41, 5.74) is 3.42. The van der Waals surface area contributed by atoms with Gasteiger partial charge in [-0.2, -0.15) is 0 Å². The number of furan rings is 1. The van der Waals surface area contributed by atoms with Gasteiger partial charge in [-0.25, -0.2) is 0 Å². The fraction of sp³-hybridized carbons (Fsp3) is 0.235. The molecule has 0 saturated carbocycles. The maximum atomic E-state index is 12.3. The molecule has 0 atom stereocenters. The number of benzene rings is 1. The van der Waals surface area contributed by atoms with Crippen LogP contribution in [0.5, 0.6) is 0 Å². The molecule has 112 valence electrons. The van der Waals surface area contributed by atoms with Crippen molar-refractivity contribution in [2.45, 2.75) is 25.7 Å². The number of rotatable bonds is 1. The number of aryl methyl sites for hydroxylation is 2. The number of fused-ring (bicyclic) bond motifs is 2. The van der Waals surface area contributed by atoms with Crippen LogP contribution in [0.4, 0.5) is 5.69 Å². The normalized spacial score (nSPS) is 18.3. The van der Waals surface area contributed by atoms with E-state index in [2.05, 4.69) is 21.2 Å². The SMILES string of the molecule is O=C1Nc2c(Br)cc(Cl)cc2C1=Cc1cc2c(o1)CCCC2. The lowest BCUT2D eigenvalue weighted by Gasteiger charge is -2.07. The average molecular weight is 379 g/mol. The molecule has 0 radical (unpaired) electrons. The van der Waals surface area contributed by atoms with Gasteiger partial charge in [0.05, 0.1) is 11.3 Å². The molecule has 1 N–H and O–H groups in total. The van der Waals surface area contributed by atoms with Crippen molar-refractivity contribution in [2.24, 2.45) is 0 Å². The van der Waals surface area contributed by atoms with Crippen LogP contribution in [-0.2, 0) is 17.6 Å². The Bertz CT molecular complexity index is 799. The van der Waals surface area contributed by atoms with E-state index in [-0.39, 0.29) is 5.91 Å². The Morgan fingerprint density at radius 1 is 1.23 bits per heavy atom. The summed E-state index contributed by atoms with van der Waals surface area (Å²) in [4.78, 5) is 12.3. The van der Waals surface area contributed by atoms with Gasteiger partial charge in [0.1, 0.15) is 11.5 Å². The van der Waals surface area contributed by atoms with Crippen molar-refractivity contribution in [2.75, 3.05) is 5.32 Å². The van der Waals surface area contributed by atoms with Gasteiger partial charge in [0.2, 0.25) is 0 Å². The molecule has 1 aliphatic carbocycles. The third kappa shape index (κ3) is 2.31. The van der Waals surface area contributed by atoms with Crippen LogP contribution in [-0.4, -0.2) is 5.91 Å². The Morgan fingerprint density at radius 3 is 2.86 bits per heavy atom. The molecule has 3 nitrogen and oxygen atoms in total. The molecule has 0 unspecified atom stereocenters. The van der Waals surface area contributed by atoms with E-state index in [1.807, 2.05) is 12.1 Å². The Balaban J connectivity index is 1.80. The second-order valence-electron chi connectivity index (χ2n) is 5.63. The molecule has 1 amide bonds. The molecule has 1 aromatic carbocycles. The van der Waals surface area contributed by atoms with Crippen LogP contribution in [0.3, 0.4) is 0 Å². The zero-order valence-corrected chi connectivity index (χ0v) is 14.1. The number of halogens is 2. The van der Waals surface area contributed by atoms with E-state index in [1.165, 1.54) is 18.4 Å². The average Bonchev–Trinajstić information content (AvgIpc) is 3.02. The standard InChI is InChI=1S/C17H13BrClNO2/c18-14-7-10(19)6-12-13(17(21)20-16(12)14)8-11-5-9-3-1-2-4-15(9)22-11/h5-8H,1-4H2,(H,20,21). The largest absolute Gasteiger partial charge is 0.461 e. The lowest BCUT2D eigenvalue weighted by molar-refractivity contribution is -0.110. The van der Waals surface area contributed by atoms with Gasteiger partial charge in [-0.05, 0) is 65.0 Å². The first-order valence-corrected chi connectivity index (χ1v) is 8.43. The number of nitrogens with one attached hydrogen (secondary N) is 1. The second-order valence-corrected chi connectivity index (χ2v) is 6.92. The predicted molar refractivity (Wildman–Crippen MR) is 91.0 cm³/mol. The lowest BCUT2D eigenvalue weighted by atomic mass is 9.98. The van der Waals surface area contributed by atoms with E-state index in [1.54, 1.807) is 12.1 Å². The molecule has 2 aliphatic rings. The van der Waals surface area contributed by atoms with E-state index in [0.717, 1.165) is 40.1 Å². The van der Waals surface area contributed by atoms with Gasteiger partial charge >= 0.3 is 0 Å². The number of hydrogen-bond donors (Lipinski definition) is 1. The molecule has 4 rings (SSSR count). The Labute approximate surface area is 141 Å². The molecule has 0 bridgehead atoms. The summed E-state index contributed by atoms with van der Waals surface area (Å²) >= 11 is 9.54. The lowest BCUT2D eigenvalue weighted by Crippen LogP contribution is -2.03. The Hall–Kier alpha value is -1.52. The van der Waals surface area contributed by atoms with Crippen LogP contribution < -0.4 is 5.32 Å². The van der Waals surface area contributed by atoms with Crippen LogP contribution in [0.2, 0.25) is 5.02 Å². The van der Waals surface area contributed by atoms with Crippen LogP contribution in [0.1, 0.15) is 35.5 Å². The van der Waals surface area contributed by atoms with Gasteiger partial charge in [0.15, 0.2) is 0 Å². The summed E-state index contributed by atoms with van der Waals surface area (Å²) < 4.78 is 6.67. The van der Waals surface area contributed by atoms with Gasteiger partial charge in [-0.1, -0.05) is 11.6 Å². The summed E-state index contributed by atoms with van der Waals surface area (Å²) in [6, 6.07) is 5.62. The van der Waals surface area contributed by atoms with Gasteiger partial charge in [-0.15, -0.1) is 0 Å². The van der Waals surface area contributed by atoms with Crippen LogP contribution >= 0.6 is 27.5 Å². The minimum absolute atomic E-state index is 0.132. The summed E-state index contributed by atoms with van der Waals surface area (Å²) in [6.45, 7) is 0. The highest BCUT2D eigenvalue weighted by Gasteiger charge is 2.27. The molecular weight excluding hydrogens is 366 g/mol. The predicted octanol–water partition coefficient (Wildman–Crippen LogP) is 5.07. The topological polar surface area (TPSA) is 42.2 Å². The molecule has 2 aromatic rings. The Morgan fingerprint density at radius 2 is 2.05 bits per heavy atom. The number of anilines is 1. The Kier molecular flexibility index (Phi) is 3.39. The minimum Gasteiger partial charge on any atom is -0.461 e. The van der Waals surface area contributed by atoms with Crippen molar-refractivity contribution >= 4 is 50.8 Å². The van der Waals surface area contributed by atoms with Gasteiger partial charge in [0, 0.05) is 21.5 Å². The van der Waals surface area contributed by atoms with E-state index >= 15 is 0 Å².